The van der Waals surface area contributed by atoms with Gasteiger partial charge >= 0.3 is 0 Å². The maximum Gasteiger partial charge on any atom is 0.268 e. The second kappa shape index (κ2) is 5.04. The molecule has 6 heteroatoms. The van der Waals surface area contributed by atoms with Crippen molar-refractivity contribution in [2.45, 2.75) is 20.8 Å². The van der Waals surface area contributed by atoms with Gasteiger partial charge < -0.3 is 4.90 Å². The van der Waals surface area contributed by atoms with E-state index in [0.717, 1.165) is 16.5 Å². The Hall–Kier alpha value is -0.460. The fourth-order valence-electron chi connectivity index (χ4n) is 1.80. The molecule has 0 N–H and O–H groups in total. The zero-order valence-corrected chi connectivity index (χ0v) is 12.5. The molecule has 0 bridgehead atoms. The molecule has 0 unspecified atom stereocenters. The van der Waals surface area contributed by atoms with Crippen LogP contribution in [0.2, 0.25) is 0 Å². The van der Waals surface area contributed by atoms with Crippen LogP contribution in [0.1, 0.15) is 20.8 Å². The SMILES string of the molecule is CCN1C(=O)/C(=C2/SC=C(C)N2CC)SC1=S. The lowest BCUT2D eigenvalue weighted by Crippen LogP contribution is -2.28. The first kappa shape index (κ1) is 13.0. The maximum absolute atomic E-state index is 12.2. The highest BCUT2D eigenvalue weighted by molar-refractivity contribution is 8.27. The average molecular weight is 286 g/mol. The third-order valence-electron chi connectivity index (χ3n) is 2.69. The molecule has 17 heavy (non-hydrogen) atoms. The summed E-state index contributed by atoms with van der Waals surface area (Å²) in [4.78, 5) is 16.8. The van der Waals surface area contributed by atoms with E-state index >= 15 is 0 Å². The van der Waals surface area contributed by atoms with Crippen LogP contribution in [0.5, 0.6) is 0 Å². The van der Waals surface area contributed by atoms with Crippen LogP contribution in [0.4, 0.5) is 0 Å². The number of carbonyl (C=O) groups excluding carboxylic acids is 1. The fraction of sp³-hybridized carbons (Fsp3) is 0.455. The highest BCUT2D eigenvalue weighted by atomic mass is 32.2. The summed E-state index contributed by atoms with van der Waals surface area (Å²) < 4.78 is 0.668. The van der Waals surface area contributed by atoms with Crippen LogP contribution in [0.25, 0.3) is 0 Å². The standard InChI is InChI=1S/C11H14N2OS3/c1-4-12-7(3)6-16-10(12)8-9(14)13(5-2)11(15)17-8/h6H,4-5H2,1-3H3/b10-8-. The summed E-state index contributed by atoms with van der Waals surface area (Å²) in [7, 11) is 0. The van der Waals surface area contributed by atoms with E-state index in [1.165, 1.54) is 17.5 Å². The van der Waals surface area contributed by atoms with Gasteiger partial charge in [-0.15, -0.1) is 0 Å². The first-order valence-corrected chi connectivity index (χ1v) is 7.59. The number of amides is 1. The van der Waals surface area contributed by atoms with Gasteiger partial charge in [0.25, 0.3) is 5.91 Å². The molecular formula is C11H14N2OS3. The van der Waals surface area contributed by atoms with E-state index in [9.17, 15) is 4.79 Å². The molecule has 1 amide bonds. The maximum atomic E-state index is 12.2. The van der Waals surface area contributed by atoms with Crippen molar-refractivity contribution in [3.63, 3.8) is 0 Å². The number of allylic oxidation sites excluding steroid dienone is 1. The zero-order valence-electron chi connectivity index (χ0n) is 10.0. The van der Waals surface area contributed by atoms with Crippen LogP contribution in [0.15, 0.2) is 21.0 Å². The molecule has 1 saturated heterocycles. The summed E-state index contributed by atoms with van der Waals surface area (Å²) >= 11 is 8.25. The summed E-state index contributed by atoms with van der Waals surface area (Å²) in [5.41, 5.74) is 1.19. The molecule has 0 spiro atoms. The number of nitrogens with zero attached hydrogens (tertiary/aromatic N) is 2. The lowest BCUT2D eigenvalue weighted by molar-refractivity contribution is -0.122. The molecule has 0 aliphatic carbocycles. The zero-order chi connectivity index (χ0) is 12.6. The van der Waals surface area contributed by atoms with Gasteiger partial charge in [-0.3, -0.25) is 9.69 Å². The molecule has 0 aromatic rings. The summed E-state index contributed by atoms with van der Waals surface area (Å²) in [5, 5.41) is 3.11. The van der Waals surface area contributed by atoms with Gasteiger partial charge in [0.05, 0.1) is 5.03 Å². The fourth-order valence-corrected chi connectivity index (χ4v) is 4.42. The molecule has 0 radical (unpaired) electrons. The lowest BCUT2D eigenvalue weighted by atomic mass is 10.4. The van der Waals surface area contributed by atoms with Crippen molar-refractivity contribution in [3.8, 4) is 0 Å². The van der Waals surface area contributed by atoms with Crippen molar-refractivity contribution in [2.24, 2.45) is 0 Å². The van der Waals surface area contributed by atoms with E-state index in [-0.39, 0.29) is 5.91 Å². The Labute approximate surface area is 115 Å². The van der Waals surface area contributed by atoms with Gasteiger partial charge in [0.15, 0.2) is 0 Å². The minimum Gasteiger partial charge on any atom is -0.339 e. The number of hydrogen-bond donors (Lipinski definition) is 0. The molecule has 0 aromatic heterocycles. The Morgan fingerprint density at radius 1 is 1.29 bits per heavy atom. The number of likely N-dealkylation sites (N-methyl/N-ethyl adjacent to an activating group) is 1. The number of thioether (sulfide) groups is 2. The number of carbonyl (C=O) groups is 1. The van der Waals surface area contributed by atoms with Crippen LogP contribution in [-0.4, -0.2) is 33.1 Å². The van der Waals surface area contributed by atoms with Crippen LogP contribution >= 0.6 is 35.7 Å². The van der Waals surface area contributed by atoms with Gasteiger partial charge in [0.2, 0.25) is 0 Å². The monoisotopic (exact) mass is 286 g/mol. The van der Waals surface area contributed by atoms with E-state index in [2.05, 4.69) is 24.2 Å². The largest absolute Gasteiger partial charge is 0.339 e. The molecule has 1 fully saturated rings. The van der Waals surface area contributed by atoms with Crippen molar-refractivity contribution in [3.05, 3.63) is 21.0 Å². The summed E-state index contributed by atoms with van der Waals surface area (Å²) in [5.74, 6) is 0.0477. The molecule has 3 nitrogen and oxygen atoms in total. The number of thiocarbonyl (C=S) groups is 1. The second-order valence-corrected chi connectivity index (χ2v) is 6.18. The highest BCUT2D eigenvalue weighted by Crippen LogP contribution is 2.43. The lowest BCUT2D eigenvalue weighted by Gasteiger charge is -2.20. The third kappa shape index (κ3) is 2.13. The van der Waals surface area contributed by atoms with Gasteiger partial charge in [0, 0.05) is 18.8 Å². The third-order valence-corrected chi connectivity index (χ3v) is 5.36. The second-order valence-electron chi connectivity index (χ2n) is 3.67. The summed E-state index contributed by atoms with van der Waals surface area (Å²) in [6.45, 7) is 7.61. The Bertz CT molecular complexity index is 442. The first-order valence-electron chi connectivity index (χ1n) is 5.49. The molecule has 2 rings (SSSR count). The number of hydrogen-bond acceptors (Lipinski definition) is 5. The van der Waals surface area contributed by atoms with Crippen LogP contribution in [0, 0.1) is 0 Å². The first-order chi connectivity index (χ1) is 8.10. The Kier molecular flexibility index (Phi) is 3.85. The Balaban J connectivity index is 2.35. The van der Waals surface area contributed by atoms with E-state index in [4.69, 9.17) is 12.2 Å². The Morgan fingerprint density at radius 2 is 1.94 bits per heavy atom. The molecule has 0 aromatic carbocycles. The average Bonchev–Trinajstić information content (AvgIpc) is 2.79. The molecule has 0 saturated carbocycles. The topological polar surface area (TPSA) is 23.6 Å². The highest BCUT2D eigenvalue weighted by Gasteiger charge is 2.36. The predicted molar refractivity (Wildman–Crippen MR) is 78.3 cm³/mol. The minimum absolute atomic E-state index is 0.0477. The molecule has 92 valence electrons. The normalized spacial score (nSPS) is 25.0. The smallest absolute Gasteiger partial charge is 0.268 e. The number of rotatable bonds is 2. The van der Waals surface area contributed by atoms with Gasteiger partial charge in [-0.1, -0.05) is 35.7 Å². The molecule has 2 aliphatic rings. The van der Waals surface area contributed by atoms with Crippen molar-refractivity contribution in [1.29, 1.82) is 0 Å². The van der Waals surface area contributed by atoms with E-state index in [1.54, 1.807) is 16.7 Å². The van der Waals surface area contributed by atoms with Gasteiger partial charge in [-0.05, 0) is 26.2 Å². The van der Waals surface area contributed by atoms with Crippen molar-refractivity contribution in [2.75, 3.05) is 13.1 Å². The van der Waals surface area contributed by atoms with Gasteiger partial charge in [-0.25, -0.2) is 0 Å². The van der Waals surface area contributed by atoms with Crippen LogP contribution in [0.3, 0.4) is 0 Å². The van der Waals surface area contributed by atoms with Crippen molar-refractivity contribution in [1.82, 2.24) is 9.80 Å². The van der Waals surface area contributed by atoms with Crippen molar-refractivity contribution < 1.29 is 4.79 Å². The van der Waals surface area contributed by atoms with Crippen LogP contribution < -0.4 is 0 Å². The quantitative estimate of drug-likeness (QED) is 0.574. The molecule has 2 heterocycles. The van der Waals surface area contributed by atoms with E-state index < -0.39 is 0 Å². The van der Waals surface area contributed by atoms with Gasteiger partial charge in [-0.2, -0.15) is 0 Å². The molecular weight excluding hydrogens is 272 g/mol. The molecule has 0 atom stereocenters. The summed E-state index contributed by atoms with van der Waals surface area (Å²) in [6.07, 6.45) is 0. The van der Waals surface area contributed by atoms with Crippen LogP contribution in [-0.2, 0) is 4.79 Å². The Morgan fingerprint density at radius 3 is 2.47 bits per heavy atom. The van der Waals surface area contributed by atoms with E-state index in [0.29, 0.717) is 10.9 Å². The van der Waals surface area contributed by atoms with Crippen molar-refractivity contribution >= 4 is 46.0 Å². The van der Waals surface area contributed by atoms with E-state index in [1.807, 2.05) is 6.92 Å². The van der Waals surface area contributed by atoms with Gasteiger partial charge in [0.1, 0.15) is 9.23 Å². The predicted octanol–water partition coefficient (Wildman–Crippen LogP) is 2.97. The minimum atomic E-state index is 0.0477. The molecule has 2 aliphatic heterocycles. The summed E-state index contributed by atoms with van der Waals surface area (Å²) in [6, 6.07) is 0.